The molecule has 0 spiro atoms. The van der Waals surface area contributed by atoms with Crippen LogP contribution in [0.4, 0.5) is 5.69 Å². The maximum absolute atomic E-state index is 12.4. The summed E-state index contributed by atoms with van der Waals surface area (Å²) in [6.45, 7) is 0.578. The van der Waals surface area contributed by atoms with E-state index in [2.05, 4.69) is 10.0 Å². The molecule has 0 fully saturated rings. The van der Waals surface area contributed by atoms with Crippen LogP contribution in [-0.4, -0.2) is 66.9 Å². The van der Waals surface area contributed by atoms with Crippen LogP contribution in [0.3, 0.4) is 0 Å². The summed E-state index contributed by atoms with van der Waals surface area (Å²) in [4.78, 5) is 24.1. The number of benzene rings is 2. The number of methoxy groups -OCH3 is 1. The molecule has 33 heavy (non-hydrogen) atoms. The molecule has 0 radical (unpaired) electrons. The maximum atomic E-state index is 12.4. The van der Waals surface area contributed by atoms with E-state index in [4.69, 9.17) is 9.47 Å². The van der Waals surface area contributed by atoms with Crippen molar-refractivity contribution in [2.75, 3.05) is 33.1 Å². The minimum absolute atomic E-state index is 0.0242. The van der Waals surface area contributed by atoms with E-state index in [1.807, 2.05) is 0 Å². The predicted octanol–water partition coefficient (Wildman–Crippen LogP) is 0.794. The quantitative estimate of drug-likeness (QED) is 0.456. The Labute approximate surface area is 192 Å². The van der Waals surface area contributed by atoms with E-state index in [0.717, 1.165) is 4.31 Å². The number of ether oxygens (including phenoxy) is 2. The van der Waals surface area contributed by atoms with Crippen molar-refractivity contribution in [3.05, 3.63) is 48.5 Å². The summed E-state index contributed by atoms with van der Waals surface area (Å²) >= 11 is 0. The Hall–Kier alpha value is -3.00. The molecule has 0 heterocycles. The van der Waals surface area contributed by atoms with E-state index in [1.165, 1.54) is 76.7 Å². The van der Waals surface area contributed by atoms with Gasteiger partial charge in [0.15, 0.2) is 6.61 Å². The Bertz CT molecular complexity index is 1210. The smallest absolute Gasteiger partial charge is 0.324 e. The molecule has 0 saturated carbocycles. The number of amides is 1. The molecule has 2 N–H and O–H groups in total. The third-order valence-electron chi connectivity index (χ3n) is 4.30. The molecule has 13 heteroatoms. The van der Waals surface area contributed by atoms with Gasteiger partial charge in [0.1, 0.15) is 11.8 Å². The highest BCUT2D eigenvalue weighted by molar-refractivity contribution is 7.89. The van der Waals surface area contributed by atoms with E-state index in [9.17, 15) is 26.4 Å². The van der Waals surface area contributed by atoms with E-state index in [1.54, 1.807) is 0 Å². The largest absolute Gasteiger partial charge is 0.497 e. The van der Waals surface area contributed by atoms with Crippen LogP contribution in [0, 0.1) is 0 Å². The molecule has 0 aromatic heterocycles. The molecule has 0 aliphatic rings. The van der Waals surface area contributed by atoms with Crippen molar-refractivity contribution in [1.29, 1.82) is 0 Å². The van der Waals surface area contributed by atoms with Gasteiger partial charge in [0, 0.05) is 19.8 Å². The van der Waals surface area contributed by atoms with Gasteiger partial charge >= 0.3 is 5.97 Å². The van der Waals surface area contributed by atoms with Crippen LogP contribution >= 0.6 is 0 Å². The second-order valence-electron chi connectivity index (χ2n) is 6.99. The zero-order chi connectivity index (χ0) is 24.8. The van der Waals surface area contributed by atoms with Crippen LogP contribution in [-0.2, 0) is 34.4 Å². The summed E-state index contributed by atoms with van der Waals surface area (Å²) in [5, 5.41) is 2.42. The van der Waals surface area contributed by atoms with Crippen LogP contribution < -0.4 is 14.8 Å². The summed E-state index contributed by atoms with van der Waals surface area (Å²) in [6.07, 6.45) is 0. The number of esters is 1. The lowest BCUT2D eigenvalue weighted by Crippen LogP contribution is -2.40. The Morgan fingerprint density at radius 2 is 1.64 bits per heavy atom. The first-order valence-electron chi connectivity index (χ1n) is 9.52. The fraction of sp³-hybridized carbons (Fsp3) is 0.300. The number of nitrogens with zero attached hydrogens (tertiary/aromatic N) is 1. The zero-order valence-electron chi connectivity index (χ0n) is 18.4. The molecule has 0 bridgehead atoms. The summed E-state index contributed by atoms with van der Waals surface area (Å²) in [7, 11) is -3.50. The molecule has 0 aliphatic carbocycles. The summed E-state index contributed by atoms with van der Waals surface area (Å²) < 4.78 is 62.2. The Balaban J connectivity index is 1.94. The number of carbonyl (C=O) groups is 2. The molecule has 2 rings (SSSR count). The van der Waals surface area contributed by atoms with Crippen LogP contribution in [0.2, 0.25) is 0 Å². The molecular formula is C20H25N3O8S2. The molecule has 1 unspecified atom stereocenters. The Kier molecular flexibility index (Phi) is 8.55. The monoisotopic (exact) mass is 499 g/mol. The highest BCUT2D eigenvalue weighted by atomic mass is 32.2. The summed E-state index contributed by atoms with van der Waals surface area (Å²) in [5.74, 6) is -1.23. The number of sulfonamides is 2. The molecule has 0 saturated heterocycles. The minimum Gasteiger partial charge on any atom is -0.497 e. The van der Waals surface area contributed by atoms with Gasteiger partial charge in [-0.3, -0.25) is 9.59 Å². The van der Waals surface area contributed by atoms with Gasteiger partial charge in [0.05, 0.1) is 16.9 Å². The number of hydrogen-bond acceptors (Lipinski definition) is 8. The van der Waals surface area contributed by atoms with Crippen LogP contribution in [0.5, 0.6) is 5.75 Å². The summed E-state index contributed by atoms with van der Waals surface area (Å²) in [6, 6.07) is 9.85. The van der Waals surface area contributed by atoms with Gasteiger partial charge in [0.2, 0.25) is 20.0 Å². The zero-order valence-corrected chi connectivity index (χ0v) is 20.1. The van der Waals surface area contributed by atoms with Gasteiger partial charge in [-0.2, -0.15) is 4.72 Å². The molecule has 1 atom stereocenters. The molecule has 2 aromatic rings. The Morgan fingerprint density at radius 3 is 2.21 bits per heavy atom. The van der Waals surface area contributed by atoms with Crippen molar-refractivity contribution in [2.24, 2.45) is 0 Å². The van der Waals surface area contributed by atoms with Gasteiger partial charge in [-0.15, -0.1) is 0 Å². The third-order valence-corrected chi connectivity index (χ3v) is 7.66. The van der Waals surface area contributed by atoms with Crippen molar-refractivity contribution < 1.29 is 35.9 Å². The topological polar surface area (TPSA) is 148 Å². The van der Waals surface area contributed by atoms with E-state index in [-0.39, 0.29) is 15.5 Å². The highest BCUT2D eigenvalue weighted by Gasteiger charge is 2.24. The van der Waals surface area contributed by atoms with E-state index < -0.39 is 44.6 Å². The number of hydrogen-bond donors (Lipinski definition) is 2. The maximum Gasteiger partial charge on any atom is 0.324 e. The first-order chi connectivity index (χ1) is 15.4. The Morgan fingerprint density at radius 1 is 1.00 bits per heavy atom. The first kappa shape index (κ1) is 26.3. The molecular weight excluding hydrogens is 474 g/mol. The number of nitrogens with one attached hydrogen (secondary N) is 2. The predicted molar refractivity (Wildman–Crippen MR) is 120 cm³/mol. The van der Waals surface area contributed by atoms with Crippen molar-refractivity contribution in [1.82, 2.24) is 9.03 Å². The van der Waals surface area contributed by atoms with Crippen LogP contribution in [0.1, 0.15) is 6.92 Å². The fourth-order valence-corrected chi connectivity index (χ4v) is 4.65. The number of carbonyl (C=O) groups excluding carboxylic acids is 2. The molecule has 0 aliphatic heterocycles. The molecule has 180 valence electrons. The van der Waals surface area contributed by atoms with Crippen molar-refractivity contribution in [3.8, 4) is 5.75 Å². The number of rotatable bonds is 10. The van der Waals surface area contributed by atoms with Gasteiger partial charge in [-0.1, -0.05) is 6.07 Å². The average Bonchev–Trinajstić information content (AvgIpc) is 2.77. The normalized spacial score (nSPS) is 12.8. The van der Waals surface area contributed by atoms with Gasteiger partial charge < -0.3 is 14.8 Å². The van der Waals surface area contributed by atoms with Gasteiger partial charge in [0.25, 0.3) is 5.91 Å². The second kappa shape index (κ2) is 10.7. The van der Waals surface area contributed by atoms with Gasteiger partial charge in [-0.25, -0.2) is 21.1 Å². The van der Waals surface area contributed by atoms with Crippen molar-refractivity contribution >= 4 is 37.6 Å². The van der Waals surface area contributed by atoms with Gasteiger partial charge in [-0.05, 0) is 49.4 Å². The lowest BCUT2D eigenvalue weighted by Gasteiger charge is -2.14. The molecule has 2 aromatic carbocycles. The minimum atomic E-state index is -4.01. The SMILES string of the molecule is COc1ccc(S(=O)(=O)NC(C)C(=O)OCC(=O)Nc2cccc(S(=O)(=O)N(C)C)c2)cc1. The van der Waals surface area contributed by atoms with E-state index in [0.29, 0.717) is 5.75 Å². The lowest BCUT2D eigenvalue weighted by molar-refractivity contribution is -0.148. The van der Waals surface area contributed by atoms with Crippen molar-refractivity contribution in [3.63, 3.8) is 0 Å². The molecule has 11 nitrogen and oxygen atoms in total. The fourth-order valence-electron chi connectivity index (χ4n) is 2.51. The van der Waals surface area contributed by atoms with E-state index >= 15 is 0 Å². The second-order valence-corrected chi connectivity index (χ2v) is 10.9. The third kappa shape index (κ3) is 6.99. The molecule has 1 amide bonds. The summed E-state index contributed by atoms with van der Waals surface area (Å²) in [5.41, 5.74) is 0.187. The lowest BCUT2D eigenvalue weighted by atomic mass is 10.3. The standard InChI is InChI=1S/C20H25N3O8S2/c1-14(22-32(26,27)17-10-8-16(30-4)9-11-17)20(25)31-13-19(24)21-15-6-5-7-18(12-15)33(28,29)23(2)3/h5-12,14,22H,13H2,1-4H3,(H,21,24). The number of anilines is 1. The van der Waals surface area contributed by atoms with Crippen LogP contribution in [0.25, 0.3) is 0 Å². The first-order valence-corrected chi connectivity index (χ1v) is 12.4. The van der Waals surface area contributed by atoms with Crippen molar-refractivity contribution in [2.45, 2.75) is 22.8 Å². The average molecular weight is 500 g/mol. The van der Waals surface area contributed by atoms with Crippen LogP contribution in [0.15, 0.2) is 58.3 Å². The highest BCUT2D eigenvalue weighted by Crippen LogP contribution is 2.18.